The maximum Gasteiger partial charge on any atom is 0.0698 e. The van der Waals surface area contributed by atoms with E-state index in [1.165, 1.54) is 3.79 Å². The van der Waals surface area contributed by atoms with E-state index in [4.69, 9.17) is 0 Å². The first-order chi connectivity index (χ1) is 2.89. The number of rotatable bonds is 0. The molecule has 0 saturated heterocycles. The van der Waals surface area contributed by atoms with Crippen LogP contribution in [0.1, 0.15) is 0 Å². The van der Waals surface area contributed by atoms with Crippen LogP contribution in [0, 0.1) is 0 Å². The SMILES string of the molecule is Brc1cccs1.[Na]. The van der Waals surface area contributed by atoms with Crippen LogP contribution in [0.5, 0.6) is 0 Å². The Labute approximate surface area is 77.4 Å². The summed E-state index contributed by atoms with van der Waals surface area (Å²) in [5.74, 6) is 0. The summed E-state index contributed by atoms with van der Waals surface area (Å²) in [5.41, 5.74) is 0. The quantitative estimate of drug-likeness (QED) is 0.544. The van der Waals surface area contributed by atoms with Gasteiger partial charge in [-0.15, -0.1) is 11.3 Å². The average molecular weight is 186 g/mol. The molecule has 3 heteroatoms. The Balaban J connectivity index is 0.000000360. The van der Waals surface area contributed by atoms with Crippen molar-refractivity contribution in [2.45, 2.75) is 0 Å². The molecule has 1 aromatic rings. The van der Waals surface area contributed by atoms with Crippen LogP contribution < -0.4 is 0 Å². The first-order valence-electron chi connectivity index (χ1n) is 1.58. The van der Waals surface area contributed by atoms with Gasteiger partial charge in [0.2, 0.25) is 0 Å². The molecule has 0 saturated carbocycles. The van der Waals surface area contributed by atoms with Crippen LogP contribution in [0.2, 0.25) is 0 Å². The van der Waals surface area contributed by atoms with Crippen LogP contribution in [0.15, 0.2) is 21.3 Å². The fourth-order valence-electron chi connectivity index (χ4n) is 0.259. The van der Waals surface area contributed by atoms with Crippen LogP contribution in [0.25, 0.3) is 0 Å². The van der Waals surface area contributed by atoms with E-state index in [1.54, 1.807) is 11.3 Å². The average Bonchev–Trinajstić information content (AvgIpc) is 1.86. The second kappa shape index (κ2) is 4.10. The summed E-state index contributed by atoms with van der Waals surface area (Å²) in [6, 6.07) is 4.03. The first kappa shape index (κ1) is 8.18. The molecule has 7 heavy (non-hydrogen) atoms. The minimum atomic E-state index is 0. The molecular formula is C4H3BrNaS. The number of hydrogen-bond acceptors (Lipinski definition) is 1. The third kappa shape index (κ3) is 2.88. The van der Waals surface area contributed by atoms with Gasteiger partial charge in [0.05, 0.1) is 3.79 Å². The summed E-state index contributed by atoms with van der Waals surface area (Å²) in [6.45, 7) is 0. The summed E-state index contributed by atoms with van der Waals surface area (Å²) >= 11 is 4.99. The van der Waals surface area contributed by atoms with Crippen molar-refractivity contribution < 1.29 is 0 Å². The van der Waals surface area contributed by atoms with E-state index >= 15 is 0 Å². The molecule has 0 nitrogen and oxygen atoms in total. The van der Waals surface area contributed by atoms with Gasteiger partial charge in [-0.2, -0.15) is 0 Å². The Kier molecular flexibility index (Phi) is 4.79. The Morgan fingerprint density at radius 1 is 1.57 bits per heavy atom. The zero-order chi connectivity index (χ0) is 4.41. The van der Waals surface area contributed by atoms with Gasteiger partial charge in [-0.1, -0.05) is 6.07 Å². The van der Waals surface area contributed by atoms with E-state index in [1.807, 2.05) is 17.5 Å². The molecule has 0 spiro atoms. The number of halogens is 1. The van der Waals surface area contributed by atoms with Crippen molar-refractivity contribution in [3.05, 3.63) is 21.3 Å². The minimum absolute atomic E-state index is 0. The summed E-state index contributed by atoms with van der Waals surface area (Å²) in [5, 5.41) is 2.03. The summed E-state index contributed by atoms with van der Waals surface area (Å²) in [6.07, 6.45) is 0. The van der Waals surface area contributed by atoms with Gasteiger partial charge in [0.1, 0.15) is 0 Å². The van der Waals surface area contributed by atoms with E-state index in [0.29, 0.717) is 0 Å². The standard InChI is InChI=1S/C4H3BrS.Na/c5-4-2-1-3-6-4;/h1-3H;. The molecule has 33 valence electrons. The van der Waals surface area contributed by atoms with Crippen LogP contribution in [-0.2, 0) is 0 Å². The smallest absolute Gasteiger partial charge is 0.0698 e. The molecule has 0 N–H and O–H groups in total. The summed E-state index contributed by atoms with van der Waals surface area (Å²) in [4.78, 5) is 0. The van der Waals surface area contributed by atoms with Gasteiger partial charge in [-0.25, -0.2) is 0 Å². The van der Waals surface area contributed by atoms with Gasteiger partial charge < -0.3 is 0 Å². The maximum atomic E-state index is 3.30. The molecular weight excluding hydrogens is 183 g/mol. The normalized spacial score (nSPS) is 7.57. The van der Waals surface area contributed by atoms with E-state index in [-0.39, 0.29) is 29.6 Å². The fourth-order valence-corrected chi connectivity index (χ4v) is 1.18. The van der Waals surface area contributed by atoms with Gasteiger partial charge in [-0.3, -0.25) is 0 Å². The Hall–Kier alpha value is 1.18. The van der Waals surface area contributed by atoms with E-state index in [0.717, 1.165) is 0 Å². The predicted octanol–water partition coefficient (Wildman–Crippen LogP) is 2.13. The molecule has 0 bridgehead atoms. The van der Waals surface area contributed by atoms with E-state index in [9.17, 15) is 0 Å². The fraction of sp³-hybridized carbons (Fsp3) is 0. The van der Waals surface area contributed by atoms with Crippen molar-refractivity contribution in [2.75, 3.05) is 0 Å². The molecule has 1 aromatic heterocycles. The van der Waals surface area contributed by atoms with Crippen molar-refractivity contribution in [1.82, 2.24) is 0 Å². The Morgan fingerprint density at radius 2 is 2.29 bits per heavy atom. The first-order valence-corrected chi connectivity index (χ1v) is 3.26. The zero-order valence-electron chi connectivity index (χ0n) is 4.02. The monoisotopic (exact) mass is 185 g/mol. The molecule has 0 amide bonds. The van der Waals surface area contributed by atoms with Crippen LogP contribution in [0.3, 0.4) is 0 Å². The van der Waals surface area contributed by atoms with Crippen LogP contribution in [0.4, 0.5) is 0 Å². The third-order valence-corrected chi connectivity index (χ3v) is 1.97. The third-order valence-electron chi connectivity index (χ3n) is 0.486. The van der Waals surface area contributed by atoms with Crippen molar-refractivity contribution in [3.63, 3.8) is 0 Å². The largest absolute Gasteiger partial charge is 0.137 e. The van der Waals surface area contributed by atoms with E-state index < -0.39 is 0 Å². The number of hydrogen-bond donors (Lipinski definition) is 0. The summed E-state index contributed by atoms with van der Waals surface area (Å²) < 4.78 is 1.20. The van der Waals surface area contributed by atoms with Crippen molar-refractivity contribution in [2.24, 2.45) is 0 Å². The minimum Gasteiger partial charge on any atom is -0.137 e. The van der Waals surface area contributed by atoms with E-state index in [2.05, 4.69) is 15.9 Å². The van der Waals surface area contributed by atoms with Gasteiger partial charge >= 0.3 is 0 Å². The molecule has 0 atom stereocenters. The van der Waals surface area contributed by atoms with Crippen molar-refractivity contribution in [1.29, 1.82) is 0 Å². The molecule has 0 unspecified atom stereocenters. The van der Waals surface area contributed by atoms with Crippen LogP contribution >= 0.6 is 27.3 Å². The molecule has 1 rings (SSSR count). The molecule has 1 heterocycles. The second-order valence-electron chi connectivity index (χ2n) is 0.917. The summed E-state index contributed by atoms with van der Waals surface area (Å²) in [7, 11) is 0. The molecule has 0 aromatic carbocycles. The molecule has 0 fully saturated rings. The second-order valence-corrected chi connectivity index (χ2v) is 3.24. The molecule has 0 aliphatic heterocycles. The zero-order valence-corrected chi connectivity index (χ0v) is 8.42. The van der Waals surface area contributed by atoms with Gasteiger partial charge in [-0.05, 0) is 27.4 Å². The van der Waals surface area contributed by atoms with Gasteiger partial charge in [0.15, 0.2) is 0 Å². The van der Waals surface area contributed by atoms with Gasteiger partial charge in [0.25, 0.3) is 0 Å². The number of thiophene rings is 1. The Morgan fingerprint density at radius 3 is 2.43 bits per heavy atom. The molecule has 0 aliphatic carbocycles. The van der Waals surface area contributed by atoms with Crippen molar-refractivity contribution in [3.8, 4) is 0 Å². The molecule has 1 radical (unpaired) electrons. The molecule has 0 aliphatic rings. The van der Waals surface area contributed by atoms with Crippen molar-refractivity contribution >= 4 is 56.8 Å². The predicted molar refractivity (Wildman–Crippen MR) is 37.8 cm³/mol. The maximum absolute atomic E-state index is 3.30. The topological polar surface area (TPSA) is 0 Å². The van der Waals surface area contributed by atoms with Gasteiger partial charge in [0, 0.05) is 29.6 Å². The Bertz CT molecular complexity index is 115. The van der Waals surface area contributed by atoms with Crippen LogP contribution in [-0.4, -0.2) is 29.6 Å².